The van der Waals surface area contributed by atoms with Crippen LogP contribution in [-0.4, -0.2) is 63.4 Å². The molecule has 1 atom stereocenters. The van der Waals surface area contributed by atoms with Crippen molar-refractivity contribution in [1.29, 1.82) is 0 Å². The monoisotopic (exact) mass is 288 g/mol. The van der Waals surface area contributed by atoms with Crippen LogP contribution in [0.25, 0.3) is 0 Å². The lowest BCUT2D eigenvalue weighted by Crippen LogP contribution is -2.54. The minimum absolute atomic E-state index is 0.0241. The zero-order chi connectivity index (χ0) is 15.1. The average molecular weight is 288 g/mol. The Labute approximate surface area is 116 Å². The van der Waals surface area contributed by atoms with Crippen LogP contribution in [0.2, 0.25) is 0 Å². The molecule has 20 heavy (non-hydrogen) atoms. The molecule has 0 aliphatic heterocycles. The number of hydrogen-bond donors (Lipinski definition) is 4. The molecule has 1 aliphatic rings. The lowest BCUT2D eigenvalue weighted by atomic mass is 9.91. The van der Waals surface area contributed by atoms with Crippen LogP contribution in [0.3, 0.4) is 0 Å². The normalized spacial score (nSPS) is 16.1. The molecular weight excluding hydrogens is 268 g/mol. The third kappa shape index (κ3) is 4.69. The van der Waals surface area contributed by atoms with Crippen LogP contribution in [-0.2, 0) is 9.59 Å². The maximum atomic E-state index is 12.0. The molecule has 0 radical (unpaired) electrons. The number of nitrogens with one attached hydrogen (secondary N) is 1. The summed E-state index contributed by atoms with van der Waals surface area (Å²) >= 11 is 0. The van der Waals surface area contributed by atoms with Crippen LogP contribution in [0.5, 0.6) is 0 Å². The molecule has 0 bridgehead atoms. The van der Waals surface area contributed by atoms with E-state index in [9.17, 15) is 14.4 Å². The smallest absolute Gasteiger partial charge is 0.326 e. The largest absolute Gasteiger partial charge is 0.481 e. The Hall–Kier alpha value is -1.83. The Morgan fingerprint density at radius 1 is 1.25 bits per heavy atom. The SMILES string of the molecule is O=C(O)CCC(NC(=O)N(CCO)C1CCC1)C(=O)O. The quantitative estimate of drug-likeness (QED) is 0.492. The summed E-state index contributed by atoms with van der Waals surface area (Å²) < 4.78 is 0. The van der Waals surface area contributed by atoms with Crippen molar-refractivity contribution in [2.75, 3.05) is 13.2 Å². The number of nitrogens with zero attached hydrogens (tertiary/aromatic N) is 1. The number of carbonyl (C=O) groups excluding carboxylic acids is 1. The van der Waals surface area contributed by atoms with Gasteiger partial charge in [0.1, 0.15) is 6.04 Å². The van der Waals surface area contributed by atoms with Crippen molar-refractivity contribution >= 4 is 18.0 Å². The van der Waals surface area contributed by atoms with Crippen LogP contribution in [0.15, 0.2) is 0 Å². The fourth-order valence-electron chi connectivity index (χ4n) is 2.01. The number of carboxylic acids is 2. The highest BCUT2D eigenvalue weighted by molar-refractivity contribution is 5.83. The molecule has 0 aromatic carbocycles. The summed E-state index contributed by atoms with van der Waals surface area (Å²) in [7, 11) is 0. The molecule has 1 rings (SSSR count). The number of amides is 2. The molecule has 1 aliphatic carbocycles. The van der Waals surface area contributed by atoms with E-state index in [1.807, 2.05) is 0 Å². The second-order valence-corrected chi connectivity index (χ2v) is 4.77. The molecule has 1 saturated carbocycles. The highest BCUT2D eigenvalue weighted by Crippen LogP contribution is 2.24. The summed E-state index contributed by atoms with van der Waals surface area (Å²) in [6.45, 7) is -0.0570. The van der Waals surface area contributed by atoms with Gasteiger partial charge in [-0.2, -0.15) is 0 Å². The molecule has 114 valence electrons. The Balaban J connectivity index is 2.57. The number of aliphatic hydroxyl groups excluding tert-OH is 1. The number of aliphatic carboxylic acids is 2. The van der Waals surface area contributed by atoms with Crippen molar-refractivity contribution in [2.24, 2.45) is 0 Å². The highest BCUT2D eigenvalue weighted by Gasteiger charge is 2.30. The minimum atomic E-state index is -1.27. The molecule has 8 nitrogen and oxygen atoms in total. The van der Waals surface area contributed by atoms with E-state index in [-0.39, 0.29) is 32.0 Å². The van der Waals surface area contributed by atoms with Gasteiger partial charge in [-0.05, 0) is 25.7 Å². The topological polar surface area (TPSA) is 127 Å². The number of carboxylic acid groups (broad SMARTS) is 2. The van der Waals surface area contributed by atoms with Gasteiger partial charge in [0.05, 0.1) is 6.61 Å². The third-order valence-corrected chi connectivity index (χ3v) is 3.36. The Bertz CT molecular complexity index is 369. The van der Waals surface area contributed by atoms with Crippen LogP contribution in [0, 0.1) is 0 Å². The summed E-state index contributed by atoms with van der Waals surface area (Å²) in [4.78, 5) is 34.9. The molecule has 0 spiro atoms. The predicted molar refractivity (Wildman–Crippen MR) is 68.3 cm³/mol. The maximum Gasteiger partial charge on any atom is 0.326 e. The molecule has 2 amide bonds. The Morgan fingerprint density at radius 2 is 1.90 bits per heavy atom. The van der Waals surface area contributed by atoms with E-state index in [1.165, 1.54) is 4.90 Å². The molecular formula is C12H20N2O6. The van der Waals surface area contributed by atoms with Crippen molar-refractivity contribution in [3.63, 3.8) is 0 Å². The van der Waals surface area contributed by atoms with Gasteiger partial charge in [-0.1, -0.05) is 0 Å². The maximum absolute atomic E-state index is 12.0. The number of hydrogen-bond acceptors (Lipinski definition) is 4. The van der Waals surface area contributed by atoms with E-state index in [2.05, 4.69) is 5.32 Å². The number of rotatable bonds is 8. The highest BCUT2D eigenvalue weighted by atomic mass is 16.4. The average Bonchev–Trinajstić information content (AvgIpc) is 2.30. The van der Waals surface area contributed by atoms with Crippen LogP contribution < -0.4 is 5.32 Å². The first-order chi connectivity index (χ1) is 9.45. The summed E-state index contributed by atoms with van der Waals surface area (Å²) in [5.74, 6) is -2.38. The summed E-state index contributed by atoms with van der Waals surface area (Å²) in [5.41, 5.74) is 0. The zero-order valence-corrected chi connectivity index (χ0v) is 11.1. The van der Waals surface area contributed by atoms with Gasteiger partial charge in [-0.15, -0.1) is 0 Å². The first kappa shape index (κ1) is 16.2. The molecule has 1 fully saturated rings. The van der Waals surface area contributed by atoms with Gasteiger partial charge in [0.15, 0.2) is 0 Å². The number of carbonyl (C=O) groups is 3. The van der Waals surface area contributed by atoms with E-state index in [4.69, 9.17) is 15.3 Å². The van der Waals surface area contributed by atoms with Crippen molar-refractivity contribution in [3.8, 4) is 0 Å². The summed E-state index contributed by atoms with van der Waals surface area (Å²) in [6, 6.07) is -1.78. The summed E-state index contributed by atoms with van der Waals surface area (Å²) in [6.07, 6.45) is 2.16. The van der Waals surface area contributed by atoms with Gasteiger partial charge in [0, 0.05) is 19.0 Å². The molecule has 0 aromatic heterocycles. The molecule has 0 heterocycles. The van der Waals surface area contributed by atoms with Gasteiger partial charge in [-0.3, -0.25) is 4.79 Å². The van der Waals surface area contributed by atoms with Gasteiger partial charge in [-0.25, -0.2) is 9.59 Å². The minimum Gasteiger partial charge on any atom is -0.481 e. The zero-order valence-electron chi connectivity index (χ0n) is 11.1. The molecule has 0 aromatic rings. The molecule has 8 heteroatoms. The van der Waals surface area contributed by atoms with E-state index < -0.39 is 24.0 Å². The van der Waals surface area contributed by atoms with Gasteiger partial charge >= 0.3 is 18.0 Å². The standard InChI is InChI=1S/C12H20N2O6/c15-7-6-14(8-2-1-3-8)12(20)13-9(11(18)19)4-5-10(16)17/h8-9,15H,1-7H2,(H,13,20)(H,16,17)(H,18,19). The first-order valence-corrected chi connectivity index (χ1v) is 6.58. The van der Waals surface area contributed by atoms with Crippen molar-refractivity contribution in [1.82, 2.24) is 10.2 Å². The van der Waals surface area contributed by atoms with E-state index in [0.717, 1.165) is 19.3 Å². The van der Waals surface area contributed by atoms with Gasteiger partial charge in [0.2, 0.25) is 0 Å². The lowest BCUT2D eigenvalue weighted by molar-refractivity contribution is -0.140. The van der Waals surface area contributed by atoms with E-state index in [1.54, 1.807) is 0 Å². The Morgan fingerprint density at radius 3 is 2.30 bits per heavy atom. The van der Waals surface area contributed by atoms with Crippen molar-refractivity contribution < 1.29 is 29.7 Å². The second-order valence-electron chi connectivity index (χ2n) is 4.77. The van der Waals surface area contributed by atoms with Crippen LogP contribution in [0.4, 0.5) is 4.79 Å². The lowest BCUT2D eigenvalue weighted by Gasteiger charge is -2.37. The number of aliphatic hydroxyl groups is 1. The number of urea groups is 1. The Kier molecular flexibility index (Phi) is 6.23. The van der Waals surface area contributed by atoms with Crippen LogP contribution >= 0.6 is 0 Å². The molecule has 0 saturated heterocycles. The predicted octanol–water partition coefficient (Wildman–Crippen LogP) is -0.139. The third-order valence-electron chi connectivity index (χ3n) is 3.36. The van der Waals surface area contributed by atoms with Crippen molar-refractivity contribution in [3.05, 3.63) is 0 Å². The van der Waals surface area contributed by atoms with Gasteiger partial charge in [0.25, 0.3) is 0 Å². The van der Waals surface area contributed by atoms with Crippen molar-refractivity contribution in [2.45, 2.75) is 44.2 Å². The molecule has 4 N–H and O–H groups in total. The fourth-order valence-corrected chi connectivity index (χ4v) is 2.01. The van der Waals surface area contributed by atoms with Gasteiger partial charge < -0.3 is 25.5 Å². The second kappa shape index (κ2) is 7.68. The van der Waals surface area contributed by atoms with Crippen LogP contribution in [0.1, 0.15) is 32.1 Å². The molecule has 1 unspecified atom stereocenters. The van der Waals surface area contributed by atoms with E-state index >= 15 is 0 Å². The first-order valence-electron chi connectivity index (χ1n) is 6.58. The fraction of sp³-hybridized carbons (Fsp3) is 0.750. The summed E-state index contributed by atoms with van der Waals surface area (Å²) in [5, 5.41) is 28.8. The van der Waals surface area contributed by atoms with E-state index in [0.29, 0.717) is 0 Å².